The molecule has 3 rings (SSSR count). The zero-order valence-electron chi connectivity index (χ0n) is 20.1. The summed E-state index contributed by atoms with van der Waals surface area (Å²) < 4.78 is 30.3. The zero-order valence-corrected chi connectivity index (χ0v) is 20.9. The predicted octanol–water partition coefficient (Wildman–Crippen LogP) is 4.00. The molecular weight excluding hydrogens is 454 g/mol. The van der Waals surface area contributed by atoms with Gasteiger partial charge in [-0.25, -0.2) is 8.42 Å². The normalized spacial score (nSPS) is 11.7. The SMILES string of the molecule is COc1c(C(=O)Nc2ccc(N(C)S(C)(=O)=O)cc2)cc(-c2ccc[nH]c2=O)cc1C(C)(C)C. The Kier molecular flexibility index (Phi) is 6.88. The van der Waals surface area contributed by atoms with Gasteiger partial charge in [-0.05, 0) is 59.5 Å². The highest BCUT2D eigenvalue weighted by Crippen LogP contribution is 2.38. The van der Waals surface area contributed by atoms with Gasteiger partial charge in [0, 0.05) is 30.1 Å². The largest absolute Gasteiger partial charge is 0.496 e. The molecule has 0 atom stereocenters. The summed E-state index contributed by atoms with van der Waals surface area (Å²) in [5.74, 6) is 0.00955. The molecule has 1 aromatic heterocycles. The molecule has 0 aliphatic rings. The van der Waals surface area contributed by atoms with Crippen molar-refractivity contribution in [3.8, 4) is 16.9 Å². The number of carbonyl (C=O) groups excluding carboxylic acids is 1. The third-order valence-corrected chi connectivity index (χ3v) is 6.67. The fourth-order valence-electron chi connectivity index (χ4n) is 3.52. The highest BCUT2D eigenvalue weighted by atomic mass is 32.2. The molecule has 3 aromatic rings. The molecule has 0 saturated carbocycles. The molecule has 0 bridgehead atoms. The van der Waals surface area contributed by atoms with E-state index in [1.165, 1.54) is 14.2 Å². The number of aromatic nitrogens is 1. The second-order valence-corrected chi connectivity index (χ2v) is 11.0. The van der Waals surface area contributed by atoms with Gasteiger partial charge in [0.25, 0.3) is 11.5 Å². The number of H-pyrrole nitrogens is 1. The van der Waals surface area contributed by atoms with E-state index in [2.05, 4.69) is 10.3 Å². The van der Waals surface area contributed by atoms with Crippen molar-refractivity contribution in [1.29, 1.82) is 0 Å². The van der Waals surface area contributed by atoms with Crippen molar-refractivity contribution >= 4 is 27.3 Å². The van der Waals surface area contributed by atoms with Crippen LogP contribution in [-0.4, -0.2) is 39.7 Å². The molecule has 34 heavy (non-hydrogen) atoms. The Morgan fingerprint density at radius 1 is 1.09 bits per heavy atom. The van der Waals surface area contributed by atoms with Crippen molar-refractivity contribution in [1.82, 2.24) is 4.98 Å². The first-order chi connectivity index (χ1) is 15.8. The molecule has 0 radical (unpaired) electrons. The first-order valence-electron chi connectivity index (χ1n) is 10.6. The molecule has 1 amide bonds. The van der Waals surface area contributed by atoms with Gasteiger partial charge in [0.1, 0.15) is 5.75 Å². The van der Waals surface area contributed by atoms with Crippen molar-refractivity contribution in [3.05, 3.63) is 76.2 Å². The number of sulfonamides is 1. The van der Waals surface area contributed by atoms with E-state index in [1.54, 1.807) is 48.7 Å². The Bertz CT molecular complexity index is 1370. The van der Waals surface area contributed by atoms with Crippen molar-refractivity contribution in [2.45, 2.75) is 26.2 Å². The van der Waals surface area contributed by atoms with Crippen LogP contribution in [0.25, 0.3) is 11.1 Å². The molecule has 9 heteroatoms. The van der Waals surface area contributed by atoms with Gasteiger partial charge in [0.2, 0.25) is 10.0 Å². The third-order valence-electron chi connectivity index (χ3n) is 5.46. The van der Waals surface area contributed by atoms with E-state index >= 15 is 0 Å². The monoisotopic (exact) mass is 483 g/mol. The molecule has 0 aliphatic heterocycles. The van der Waals surface area contributed by atoms with E-state index in [4.69, 9.17) is 4.74 Å². The smallest absolute Gasteiger partial charge is 0.259 e. The quantitative estimate of drug-likeness (QED) is 0.551. The zero-order chi connectivity index (χ0) is 25.3. The molecule has 8 nitrogen and oxygen atoms in total. The molecular formula is C25H29N3O5S. The van der Waals surface area contributed by atoms with E-state index in [0.29, 0.717) is 28.3 Å². The highest BCUT2D eigenvalue weighted by molar-refractivity contribution is 7.92. The van der Waals surface area contributed by atoms with Crippen LogP contribution in [0.1, 0.15) is 36.7 Å². The second-order valence-electron chi connectivity index (χ2n) is 9.00. The second kappa shape index (κ2) is 9.34. The number of carbonyl (C=O) groups is 1. The number of methoxy groups -OCH3 is 1. The molecule has 1 heterocycles. The van der Waals surface area contributed by atoms with Gasteiger partial charge in [-0.2, -0.15) is 0 Å². The number of pyridine rings is 1. The molecule has 180 valence electrons. The molecule has 2 N–H and O–H groups in total. The number of benzene rings is 2. The lowest BCUT2D eigenvalue weighted by atomic mass is 9.83. The number of aromatic amines is 1. The van der Waals surface area contributed by atoms with Gasteiger partial charge in [0.15, 0.2) is 0 Å². The fraction of sp³-hybridized carbons (Fsp3) is 0.280. The Morgan fingerprint density at radius 3 is 2.26 bits per heavy atom. The van der Waals surface area contributed by atoms with Gasteiger partial charge in [-0.15, -0.1) is 0 Å². The third kappa shape index (κ3) is 5.31. The summed E-state index contributed by atoms with van der Waals surface area (Å²) in [6, 6.07) is 13.4. The summed E-state index contributed by atoms with van der Waals surface area (Å²) in [5, 5.41) is 2.84. The van der Waals surface area contributed by atoms with Crippen LogP contribution in [0, 0.1) is 0 Å². The van der Waals surface area contributed by atoms with Crippen LogP contribution in [-0.2, 0) is 15.4 Å². The standard InChI is InChI=1S/C25H29N3O5S/c1-25(2,3)21-15-16(19-8-7-13-26-23(19)29)14-20(22(21)33-5)24(30)27-17-9-11-18(12-10-17)28(4)34(6,31)32/h7-15H,1-6H3,(H,26,29)(H,27,30). The summed E-state index contributed by atoms with van der Waals surface area (Å²) in [4.78, 5) is 28.4. The van der Waals surface area contributed by atoms with Crippen LogP contribution in [0.3, 0.4) is 0 Å². The van der Waals surface area contributed by atoms with E-state index in [-0.39, 0.29) is 16.5 Å². The number of amides is 1. The molecule has 0 fully saturated rings. The molecule has 0 aliphatic carbocycles. The lowest BCUT2D eigenvalue weighted by Gasteiger charge is -2.25. The average molecular weight is 484 g/mol. The highest BCUT2D eigenvalue weighted by Gasteiger charge is 2.26. The van der Waals surface area contributed by atoms with Crippen LogP contribution in [0.4, 0.5) is 11.4 Å². The molecule has 0 spiro atoms. The van der Waals surface area contributed by atoms with Crippen LogP contribution >= 0.6 is 0 Å². The van der Waals surface area contributed by atoms with E-state index in [1.807, 2.05) is 26.8 Å². The van der Waals surface area contributed by atoms with Crippen molar-refractivity contribution in [2.75, 3.05) is 30.0 Å². The van der Waals surface area contributed by atoms with Crippen molar-refractivity contribution < 1.29 is 17.9 Å². The summed E-state index contributed by atoms with van der Waals surface area (Å²) in [6.45, 7) is 6.01. The van der Waals surface area contributed by atoms with Crippen molar-refractivity contribution in [3.63, 3.8) is 0 Å². The predicted molar refractivity (Wildman–Crippen MR) is 135 cm³/mol. The van der Waals surface area contributed by atoms with Crippen LogP contribution in [0.2, 0.25) is 0 Å². The number of nitrogens with zero attached hydrogens (tertiary/aromatic N) is 1. The summed E-state index contributed by atoms with van der Waals surface area (Å²) >= 11 is 0. The molecule has 2 aromatic carbocycles. The van der Waals surface area contributed by atoms with Crippen LogP contribution in [0.15, 0.2) is 59.5 Å². The maximum atomic E-state index is 13.3. The topological polar surface area (TPSA) is 109 Å². The summed E-state index contributed by atoms with van der Waals surface area (Å²) in [7, 11) is -0.433. The number of nitrogens with one attached hydrogen (secondary N) is 2. The number of anilines is 2. The van der Waals surface area contributed by atoms with Gasteiger partial charge in [0.05, 0.1) is 24.6 Å². The lowest BCUT2D eigenvalue weighted by Crippen LogP contribution is -2.24. The maximum absolute atomic E-state index is 13.3. The van der Waals surface area contributed by atoms with Gasteiger partial charge < -0.3 is 15.0 Å². The minimum Gasteiger partial charge on any atom is -0.496 e. The average Bonchev–Trinajstić information content (AvgIpc) is 2.77. The van der Waals surface area contributed by atoms with E-state index in [0.717, 1.165) is 16.1 Å². The Labute approximate surface area is 199 Å². The van der Waals surface area contributed by atoms with Crippen LogP contribution in [0.5, 0.6) is 5.75 Å². The van der Waals surface area contributed by atoms with E-state index < -0.39 is 15.9 Å². The summed E-state index contributed by atoms with van der Waals surface area (Å²) in [5.41, 5.74) is 2.44. The van der Waals surface area contributed by atoms with E-state index in [9.17, 15) is 18.0 Å². The van der Waals surface area contributed by atoms with Gasteiger partial charge >= 0.3 is 0 Å². The van der Waals surface area contributed by atoms with Crippen molar-refractivity contribution in [2.24, 2.45) is 0 Å². The van der Waals surface area contributed by atoms with Crippen LogP contribution < -0.4 is 19.9 Å². The fourth-order valence-corrected chi connectivity index (χ4v) is 4.03. The Hall–Kier alpha value is -3.59. The summed E-state index contributed by atoms with van der Waals surface area (Å²) in [6.07, 6.45) is 2.67. The number of hydrogen-bond acceptors (Lipinski definition) is 5. The lowest BCUT2D eigenvalue weighted by molar-refractivity contribution is 0.102. The first kappa shape index (κ1) is 25.0. The Balaban J connectivity index is 2.06. The minimum atomic E-state index is -3.40. The van der Waals surface area contributed by atoms with Gasteiger partial charge in [-0.1, -0.05) is 20.8 Å². The maximum Gasteiger partial charge on any atom is 0.259 e. The molecule has 0 saturated heterocycles. The number of rotatable bonds is 6. The molecule has 0 unspecified atom stereocenters. The Morgan fingerprint density at radius 2 is 1.74 bits per heavy atom. The first-order valence-corrected chi connectivity index (χ1v) is 12.4. The number of hydrogen-bond donors (Lipinski definition) is 2. The number of ether oxygens (including phenoxy) is 1. The van der Waals surface area contributed by atoms with Gasteiger partial charge in [-0.3, -0.25) is 13.9 Å². The minimum absolute atomic E-state index is 0.260.